The fourth-order valence-electron chi connectivity index (χ4n) is 3.84. The molecule has 2 heterocycles. The van der Waals surface area contributed by atoms with Gasteiger partial charge in [-0.05, 0) is 32.0 Å². The molecule has 36 heavy (non-hydrogen) atoms. The molecule has 1 aromatic heterocycles. The van der Waals surface area contributed by atoms with Crippen LogP contribution in [0.3, 0.4) is 0 Å². The number of aromatic amines is 1. The Morgan fingerprint density at radius 3 is 2.44 bits per heavy atom. The van der Waals surface area contributed by atoms with Gasteiger partial charge in [0, 0.05) is 25.5 Å². The van der Waals surface area contributed by atoms with E-state index in [1.54, 1.807) is 21.0 Å². The molecule has 0 spiro atoms. The van der Waals surface area contributed by atoms with Gasteiger partial charge in [0.25, 0.3) is 5.56 Å². The second-order valence-corrected chi connectivity index (χ2v) is 18.2. The summed E-state index contributed by atoms with van der Waals surface area (Å²) in [5.74, 6) is 0. The minimum atomic E-state index is -3.12. The number of hydrogen-bond acceptors (Lipinski definition) is 9. The van der Waals surface area contributed by atoms with E-state index in [0.29, 0.717) is 5.56 Å². The van der Waals surface area contributed by atoms with Crippen molar-refractivity contribution in [3.63, 3.8) is 0 Å². The topological polar surface area (TPSA) is 138 Å². The predicted molar refractivity (Wildman–Crippen MR) is 140 cm³/mol. The van der Waals surface area contributed by atoms with Crippen molar-refractivity contribution in [2.45, 2.75) is 83.4 Å². The molecule has 0 bridgehead atoms. The number of hydrogen-bond donors (Lipinski definition) is 2. The monoisotopic (exact) mass is 550 g/mol. The fraction of sp³-hybridized carbons (Fsp3) is 0.826. The number of nitrogens with one attached hydrogen (secondary N) is 1. The predicted octanol–water partition coefficient (Wildman–Crippen LogP) is 2.47. The van der Waals surface area contributed by atoms with E-state index < -0.39 is 57.6 Å². The highest BCUT2D eigenvalue weighted by Gasteiger charge is 2.54. The van der Waals surface area contributed by atoms with Gasteiger partial charge in [-0.2, -0.15) is 0 Å². The summed E-state index contributed by atoms with van der Waals surface area (Å²) in [5.41, 5.74) is -0.859. The van der Waals surface area contributed by atoms with E-state index in [4.69, 9.17) is 23.2 Å². The number of aryl methyl sites for hydroxylation is 1. The summed E-state index contributed by atoms with van der Waals surface area (Å²) < 4.78 is 43.8. The zero-order chi connectivity index (χ0) is 27.5. The Balaban J connectivity index is 2.58. The summed E-state index contributed by atoms with van der Waals surface area (Å²) in [6, 6.07) is 0. The molecule has 0 amide bonds. The summed E-state index contributed by atoms with van der Waals surface area (Å²) in [7, 11) is -4.01. The van der Waals surface area contributed by atoms with Crippen LogP contribution in [0, 0.1) is 6.92 Å². The first-order chi connectivity index (χ1) is 16.5. The van der Waals surface area contributed by atoms with Crippen LogP contribution < -0.4 is 11.2 Å². The normalized spacial score (nSPS) is 25.6. The second-order valence-electron chi connectivity index (χ2n) is 10.8. The van der Waals surface area contributed by atoms with Gasteiger partial charge in [-0.1, -0.05) is 20.8 Å². The van der Waals surface area contributed by atoms with Gasteiger partial charge >= 0.3 is 5.69 Å². The Morgan fingerprint density at radius 2 is 1.89 bits per heavy atom. The third-order valence-corrected chi connectivity index (χ3v) is 13.1. The molecule has 1 unspecified atom stereocenters. The van der Waals surface area contributed by atoms with E-state index >= 15 is 0 Å². The molecule has 2 N–H and O–H groups in total. The first-order valence-electron chi connectivity index (χ1n) is 12.2. The number of aromatic nitrogens is 2. The standard InChI is InChI=1S/C23H43N2O9PSi/c1-10-32-35(7,29)14-16(26)17-18(34-36(8,9)23(3,4)5)19(31-12-11-30-6)21(33-17)25-13-15(2)20(27)24-22(25)28/h13,16-19,21,26H,10-12,14H2,1-9H3,(H,24,27,28)/t16-,17-,18-,19-,21-,35?/m1/s1. The third-order valence-electron chi connectivity index (χ3n) is 6.78. The lowest BCUT2D eigenvalue weighted by molar-refractivity contribution is -0.0900. The van der Waals surface area contributed by atoms with Crippen molar-refractivity contribution in [2.24, 2.45) is 0 Å². The van der Waals surface area contributed by atoms with Crippen molar-refractivity contribution in [2.75, 3.05) is 39.8 Å². The van der Waals surface area contributed by atoms with E-state index in [0.717, 1.165) is 0 Å². The lowest BCUT2D eigenvalue weighted by Crippen LogP contribution is -2.52. The first kappa shape index (κ1) is 31.1. The number of rotatable bonds is 12. The Hall–Kier alpha value is -1.11. The smallest absolute Gasteiger partial charge is 0.330 e. The van der Waals surface area contributed by atoms with Crippen molar-refractivity contribution in [1.29, 1.82) is 0 Å². The van der Waals surface area contributed by atoms with Gasteiger partial charge in [-0.3, -0.25) is 18.9 Å². The molecule has 208 valence electrons. The quantitative estimate of drug-likeness (QED) is 0.228. The lowest BCUT2D eigenvalue weighted by atomic mass is 10.1. The average Bonchev–Trinajstić information content (AvgIpc) is 3.07. The van der Waals surface area contributed by atoms with Crippen molar-refractivity contribution in [1.82, 2.24) is 9.55 Å². The van der Waals surface area contributed by atoms with Crippen molar-refractivity contribution >= 4 is 15.7 Å². The molecular formula is C23H43N2O9PSi. The number of ether oxygens (including phenoxy) is 3. The number of aliphatic hydroxyl groups is 1. The van der Waals surface area contributed by atoms with Gasteiger partial charge in [-0.25, -0.2) is 4.79 Å². The van der Waals surface area contributed by atoms with E-state index in [2.05, 4.69) is 38.8 Å². The molecule has 0 saturated carbocycles. The molecule has 0 aliphatic carbocycles. The maximum atomic E-state index is 12.9. The zero-order valence-electron chi connectivity index (χ0n) is 22.9. The molecular weight excluding hydrogens is 507 g/mol. The number of aliphatic hydroxyl groups excluding tert-OH is 1. The van der Waals surface area contributed by atoms with E-state index in [-0.39, 0.29) is 31.0 Å². The van der Waals surface area contributed by atoms with Crippen LogP contribution in [0.15, 0.2) is 15.8 Å². The molecule has 1 fully saturated rings. The third kappa shape index (κ3) is 7.47. The Bertz CT molecular complexity index is 1040. The molecule has 1 aliphatic rings. The molecule has 0 radical (unpaired) electrons. The summed E-state index contributed by atoms with van der Waals surface area (Å²) >= 11 is 0. The van der Waals surface area contributed by atoms with Gasteiger partial charge in [0.1, 0.15) is 18.3 Å². The van der Waals surface area contributed by atoms with Crippen molar-refractivity contribution in [3.05, 3.63) is 32.6 Å². The average molecular weight is 551 g/mol. The van der Waals surface area contributed by atoms with Crippen molar-refractivity contribution < 1.29 is 32.8 Å². The van der Waals surface area contributed by atoms with Gasteiger partial charge in [-0.15, -0.1) is 0 Å². The number of H-pyrrole nitrogens is 1. The molecule has 0 aromatic carbocycles. The molecule has 1 saturated heterocycles. The summed E-state index contributed by atoms with van der Waals surface area (Å²) in [6.45, 7) is 15.9. The number of nitrogens with zero attached hydrogens (tertiary/aromatic N) is 1. The number of methoxy groups -OCH3 is 1. The minimum Gasteiger partial charge on any atom is -0.408 e. The van der Waals surface area contributed by atoms with E-state index in [1.165, 1.54) is 17.4 Å². The zero-order valence-corrected chi connectivity index (χ0v) is 24.8. The summed E-state index contributed by atoms with van der Waals surface area (Å²) in [5, 5.41) is 11.1. The van der Waals surface area contributed by atoms with Crippen molar-refractivity contribution in [3.8, 4) is 0 Å². The molecule has 2 rings (SSSR count). The Labute approximate surface area is 214 Å². The highest BCUT2D eigenvalue weighted by Crippen LogP contribution is 2.47. The van der Waals surface area contributed by atoms with E-state index in [9.17, 15) is 19.3 Å². The lowest BCUT2D eigenvalue weighted by Gasteiger charge is -2.41. The van der Waals surface area contributed by atoms with Gasteiger partial charge in [0.2, 0.25) is 7.37 Å². The van der Waals surface area contributed by atoms with Crippen LogP contribution >= 0.6 is 7.37 Å². The molecule has 6 atom stereocenters. The summed E-state index contributed by atoms with van der Waals surface area (Å²) in [4.78, 5) is 27.1. The molecule has 1 aliphatic heterocycles. The fourth-order valence-corrected chi connectivity index (χ4v) is 6.68. The van der Waals surface area contributed by atoms with Gasteiger partial charge in [0.15, 0.2) is 14.5 Å². The van der Waals surface area contributed by atoms with Gasteiger partial charge < -0.3 is 28.3 Å². The molecule has 13 heteroatoms. The highest BCUT2D eigenvalue weighted by atomic mass is 31.2. The maximum absolute atomic E-state index is 12.9. The van der Waals surface area contributed by atoms with Crippen LogP contribution in [-0.4, -0.2) is 87.1 Å². The Kier molecular flexibility index (Phi) is 10.5. The van der Waals surface area contributed by atoms with E-state index in [1.807, 2.05) is 0 Å². The first-order valence-corrected chi connectivity index (χ1v) is 17.4. The maximum Gasteiger partial charge on any atom is 0.330 e. The minimum absolute atomic E-state index is 0.153. The molecule has 11 nitrogen and oxygen atoms in total. The highest BCUT2D eigenvalue weighted by molar-refractivity contribution is 7.58. The molecule has 1 aromatic rings. The van der Waals surface area contributed by atoms with Crippen LogP contribution in [-0.2, 0) is 27.7 Å². The van der Waals surface area contributed by atoms with Crippen LogP contribution in [0.5, 0.6) is 0 Å². The van der Waals surface area contributed by atoms with Crippen LogP contribution in [0.1, 0.15) is 39.5 Å². The summed E-state index contributed by atoms with van der Waals surface area (Å²) in [6.07, 6.45) is -3.56. The van der Waals surface area contributed by atoms with Gasteiger partial charge in [0.05, 0.1) is 32.1 Å². The van der Waals surface area contributed by atoms with Crippen LogP contribution in [0.4, 0.5) is 0 Å². The largest absolute Gasteiger partial charge is 0.408 e. The SMILES string of the molecule is CCOP(C)(=O)C[C@@H](O)[C@H]1O[C@@H](n2cc(C)c(=O)[nH]c2=O)[C@H](OCCOC)[C@@H]1O[Si](C)(C)C(C)(C)C. The second kappa shape index (κ2) is 12.2. The van der Waals surface area contributed by atoms with Crippen LogP contribution in [0.25, 0.3) is 0 Å². The van der Waals surface area contributed by atoms with Crippen LogP contribution in [0.2, 0.25) is 18.1 Å². The Morgan fingerprint density at radius 1 is 1.25 bits per heavy atom.